The van der Waals surface area contributed by atoms with E-state index in [9.17, 15) is 14.9 Å². The number of nitrogens with one attached hydrogen (secondary N) is 1. The van der Waals surface area contributed by atoms with Crippen molar-refractivity contribution >= 4 is 17.8 Å². The van der Waals surface area contributed by atoms with E-state index in [-0.39, 0.29) is 23.4 Å². The summed E-state index contributed by atoms with van der Waals surface area (Å²) in [5.41, 5.74) is 4.47. The molecule has 2 atom stereocenters. The second-order valence-electron chi connectivity index (χ2n) is 6.60. The highest BCUT2D eigenvalue weighted by atomic mass is 16.6. The molecule has 0 bridgehead atoms. The van der Waals surface area contributed by atoms with Crippen LogP contribution in [0.4, 0.5) is 5.69 Å². The zero-order valence-electron chi connectivity index (χ0n) is 14.8. The van der Waals surface area contributed by atoms with Gasteiger partial charge in [0.05, 0.1) is 11.1 Å². The van der Waals surface area contributed by atoms with Crippen LogP contribution >= 0.6 is 0 Å². The lowest BCUT2D eigenvalue weighted by molar-refractivity contribution is -0.384. The third-order valence-electron chi connectivity index (χ3n) is 4.71. The molecule has 1 aliphatic rings. The zero-order valence-corrected chi connectivity index (χ0v) is 14.8. The van der Waals surface area contributed by atoms with Gasteiger partial charge < -0.3 is 4.42 Å². The number of carbonyl (C=O) groups is 1. The smallest absolute Gasteiger partial charge is 0.269 e. The zero-order chi connectivity index (χ0) is 19.5. The van der Waals surface area contributed by atoms with Gasteiger partial charge in [-0.15, -0.1) is 0 Å². The van der Waals surface area contributed by atoms with Crippen LogP contribution < -0.4 is 5.43 Å². The Kier molecular flexibility index (Phi) is 4.72. The topological polar surface area (TPSA) is 97.7 Å². The first-order valence-corrected chi connectivity index (χ1v) is 8.84. The van der Waals surface area contributed by atoms with Crippen molar-refractivity contribution in [2.45, 2.75) is 12.3 Å². The molecule has 3 aromatic rings. The minimum absolute atomic E-state index is 0.0219. The molecule has 1 heterocycles. The van der Waals surface area contributed by atoms with Crippen LogP contribution in [0, 0.1) is 16.0 Å². The predicted octanol–water partition coefficient (Wildman–Crippen LogP) is 4.11. The number of benzene rings is 2. The second kappa shape index (κ2) is 7.48. The lowest BCUT2D eigenvalue weighted by atomic mass is 10.1. The van der Waals surface area contributed by atoms with E-state index in [0.29, 0.717) is 11.5 Å². The van der Waals surface area contributed by atoms with Gasteiger partial charge in [0.25, 0.3) is 5.69 Å². The Morgan fingerprint density at radius 1 is 1.11 bits per heavy atom. The molecule has 4 rings (SSSR count). The molecular formula is C21H17N3O4. The number of hydrogen-bond donors (Lipinski definition) is 1. The van der Waals surface area contributed by atoms with Crippen LogP contribution in [0.25, 0.3) is 11.3 Å². The highest BCUT2D eigenvalue weighted by Gasteiger charge is 2.43. The molecule has 0 unspecified atom stereocenters. The number of nitro benzene ring substituents is 1. The Labute approximate surface area is 160 Å². The second-order valence-corrected chi connectivity index (χ2v) is 6.60. The fourth-order valence-electron chi connectivity index (χ4n) is 3.12. The van der Waals surface area contributed by atoms with Gasteiger partial charge in [0.1, 0.15) is 11.5 Å². The summed E-state index contributed by atoms with van der Waals surface area (Å²) < 4.78 is 5.65. The van der Waals surface area contributed by atoms with Crippen molar-refractivity contribution in [2.24, 2.45) is 11.0 Å². The van der Waals surface area contributed by atoms with E-state index < -0.39 is 4.92 Å². The van der Waals surface area contributed by atoms with Gasteiger partial charge in [-0.25, -0.2) is 5.43 Å². The van der Waals surface area contributed by atoms with Crippen LogP contribution in [0.2, 0.25) is 0 Å². The quantitative estimate of drug-likeness (QED) is 0.398. The van der Waals surface area contributed by atoms with Gasteiger partial charge in [0.15, 0.2) is 0 Å². The first kappa shape index (κ1) is 17.7. The SMILES string of the molecule is O=C(N/N=C/c1ccc(-c2ccc([N+](=O)[O-])cc2)o1)[C@H]1C[C@@H]1c1ccccc1. The fourth-order valence-corrected chi connectivity index (χ4v) is 3.12. The summed E-state index contributed by atoms with van der Waals surface area (Å²) in [5, 5.41) is 14.7. The maximum atomic E-state index is 12.2. The van der Waals surface area contributed by atoms with E-state index in [1.54, 1.807) is 24.3 Å². The Morgan fingerprint density at radius 2 is 1.86 bits per heavy atom. The van der Waals surface area contributed by atoms with Crippen molar-refractivity contribution in [3.63, 3.8) is 0 Å². The Hall–Kier alpha value is -3.74. The van der Waals surface area contributed by atoms with Gasteiger partial charge in [-0.2, -0.15) is 5.10 Å². The monoisotopic (exact) mass is 375 g/mol. The number of nitrogens with zero attached hydrogens (tertiary/aromatic N) is 2. The lowest BCUT2D eigenvalue weighted by Gasteiger charge is -1.99. The summed E-state index contributed by atoms with van der Waals surface area (Å²) in [6, 6.07) is 19.5. The highest BCUT2D eigenvalue weighted by Crippen LogP contribution is 2.47. The largest absolute Gasteiger partial charge is 0.455 e. The van der Waals surface area contributed by atoms with E-state index in [1.807, 2.05) is 30.3 Å². The van der Waals surface area contributed by atoms with Crippen molar-refractivity contribution in [2.75, 3.05) is 0 Å². The first-order valence-electron chi connectivity index (χ1n) is 8.84. The van der Waals surface area contributed by atoms with E-state index in [1.165, 1.54) is 23.9 Å². The Morgan fingerprint density at radius 3 is 2.57 bits per heavy atom. The lowest BCUT2D eigenvalue weighted by Crippen LogP contribution is -2.20. The summed E-state index contributed by atoms with van der Waals surface area (Å²) in [7, 11) is 0. The number of hydrogen-bond acceptors (Lipinski definition) is 5. The Balaban J connectivity index is 1.33. The van der Waals surface area contributed by atoms with Gasteiger partial charge in [-0.3, -0.25) is 14.9 Å². The third-order valence-corrected chi connectivity index (χ3v) is 4.71. The highest BCUT2D eigenvalue weighted by molar-refractivity contribution is 5.85. The van der Waals surface area contributed by atoms with Gasteiger partial charge in [-0.05, 0) is 42.2 Å². The summed E-state index contributed by atoms with van der Waals surface area (Å²) in [4.78, 5) is 22.4. The minimum atomic E-state index is -0.450. The molecule has 0 radical (unpaired) electrons. The first-order chi connectivity index (χ1) is 13.6. The van der Waals surface area contributed by atoms with E-state index in [0.717, 1.165) is 12.0 Å². The fraction of sp³-hybridized carbons (Fsp3) is 0.143. The van der Waals surface area contributed by atoms with Crippen LogP contribution in [0.3, 0.4) is 0 Å². The van der Waals surface area contributed by atoms with Gasteiger partial charge in [0, 0.05) is 23.6 Å². The van der Waals surface area contributed by atoms with Crippen molar-refractivity contribution in [3.8, 4) is 11.3 Å². The number of amides is 1. The van der Waals surface area contributed by atoms with Crippen LogP contribution in [-0.2, 0) is 4.79 Å². The number of furan rings is 1. The average Bonchev–Trinajstić information content (AvgIpc) is 3.39. The molecule has 1 N–H and O–H groups in total. The summed E-state index contributed by atoms with van der Waals surface area (Å²) in [6.07, 6.45) is 2.27. The van der Waals surface area contributed by atoms with Crippen molar-refractivity contribution in [1.82, 2.24) is 5.43 Å². The van der Waals surface area contributed by atoms with E-state index in [4.69, 9.17) is 4.42 Å². The summed E-state index contributed by atoms with van der Waals surface area (Å²) in [6.45, 7) is 0. The van der Waals surface area contributed by atoms with Crippen LogP contribution in [-0.4, -0.2) is 17.0 Å². The molecular weight excluding hydrogens is 358 g/mol. The van der Waals surface area contributed by atoms with Crippen molar-refractivity contribution in [3.05, 3.63) is 88.2 Å². The molecule has 28 heavy (non-hydrogen) atoms. The average molecular weight is 375 g/mol. The van der Waals surface area contributed by atoms with Crippen molar-refractivity contribution in [1.29, 1.82) is 0 Å². The molecule has 1 amide bonds. The van der Waals surface area contributed by atoms with E-state index in [2.05, 4.69) is 10.5 Å². The number of hydrazone groups is 1. The van der Waals surface area contributed by atoms with Gasteiger partial charge in [0.2, 0.25) is 5.91 Å². The number of non-ortho nitro benzene ring substituents is 1. The molecule has 0 spiro atoms. The molecule has 0 saturated heterocycles. The number of carbonyl (C=O) groups excluding carboxylic acids is 1. The van der Waals surface area contributed by atoms with E-state index >= 15 is 0 Å². The number of rotatable bonds is 6. The predicted molar refractivity (Wildman–Crippen MR) is 104 cm³/mol. The molecule has 7 nitrogen and oxygen atoms in total. The molecule has 7 heteroatoms. The molecule has 1 aliphatic carbocycles. The standard InChI is InChI=1S/C21H17N3O4/c25-21(19-12-18(19)14-4-2-1-3-5-14)23-22-13-17-10-11-20(28-17)15-6-8-16(9-7-15)24(26)27/h1-11,13,18-19H,12H2,(H,23,25)/b22-13+/t18-,19+/m1/s1. The molecule has 1 fully saturated rings. The molecule has 2 aromatic carbocycles. The summed E-state index contributed by atoms with van der Waals surface area (Å²) >= 11 is 0. The number of nitro groups is 1. The molecule has 140 valence electrons. The maximum Gasteiger partial charge on any atom is 0.269 e. The van der Waals surface area contributed by atoms with Crippen LogP contribution in [0.5, 0.6) is 0 Å². The van der Waals surface area contributed by atoms with Crippen molar-refractivity contribution < 1.29 is 14.1 Å². The Bertz CT molecular complexity index is 1030. The molecule has 1 aromatic heterocycles. The van der Waals surface area contributed by atoms with Gasteiger partial charge >= 0.3 is 0 Å². The third kappa shape index (κ3) is 3.83. The molecule has 1 saturated carbocycles. The normalized spacial score (nSPS) is 18.1. The summed E-state index contributed by atoms with van der Waals surface area (Å²) in [5.74, 6) is 1.14. The van der Waals surface area contributed by atoms with Gasteiger partial charge in [-0.1, -0.05) is 30.3 Å². The van der Waals surface area contributed by atoms with Crippen LogP contribution in [0.15, 0.2) is 76.2 Å². The minimum Gasteiger partial charge on any atom is -0.455 e. The maximum absolute atomic E-state index is 12.2. The van der Waals surface area contributed by atoms with Crippen LogP contribution in [0.1, 0.15) is 23.7 Å². The molecule has 0 aliphatic heterocycles.